The highest BCUT2D eigenvalue weighted by atomic mass is 32.2. The van der Waals surface area contributed by atoms with Gasteiger partial charge in [0.15, 0.2) is 0 Å². The van der Waals surface area contributed by atoms with Crippen LogP contribution in [-0.2, 0) is 10.8 Å². The van der Waals surface area contributed by atoms with Crippen molar-refractivity contribution < 1.29 is 4.42 Å². The fraction of sp³-hybridized carbons (Fsp3) is 0.0976. The molecule has 3 nitrogen and oxygen atoms in total. The van der Waals surface area contributed by atoms with E-state index < -0.39 is 0 Å². The van der Waals surface area contributed by atoms with Gasteiger partial charge in [-0.05, 0) is 137 Å². The summed E-state index contributed by atoms with van der Waals surface area (Å²) in [7, 11) is 0. The van der Waals surface area contributed by atoms with Gasteiger partial charge in [0.1, 0.15) is 11.2 Å². The van der Waals surface area contributed by atoms with Crippen LogP contribution in [0, 0.1) is 0 Å². The average Bonchev–Trinajstić information content (AvgIpc) is 1.27. The summed E-state index contributed by atoms with van der Waals surface area (Å²) in [5.41, 5.74) is 24.6. The molecule has 2 aromatic heterocycles. The molecule has 2 aliphatic rings. The average molecular weight is 1130 g/mol. The van der Waals surface area contributed by atoms with E-state index in [-0.39, 0.29) is 17.5 Å². The number of hydrogen-bond donors (Lipinski definition) is 0. The molecule has 15 aromatic rings. The monoisotopic (exact) mass is 1130 g/mol. The second-order valence-electron chi connectivity index (χ2n) is 25.9. The third-order valence-corrected chi connectivity index (χ3v) is 19.9. The van der Waals surface area contributed by atoms with E-state index >= 15 is 0 Å². The smallest absolute Gasteiger partial charge is 0.249 e. The van der Waals surface area contributed by atoms with E-state index in [9.17, 15) is 0 Å². The maximum atomic E-state index is 6.84. The minimum Gasteiger partial charge on any atom is -0.455 e. The zero-order valence-electron chi connectivity index (χ0n) is 49.6. The molecule has 4 heterocycles. The number of fused-ring (bicyclic) bond motifs is 12. The molecular formula is C82H61BN2OS. The largest absolute Gasteiger partial charge is 0.455 e. The van der Waals surface area contributed by atoms with Crippen molar-refractivity contribution in [2.45, 2.75) is 62.2 Å². The summed E-state index contributed by atoms with van der Waals surface area (Å²) in [5, 5.41) is 9.54. The number of anilines is 3. The van der Waals surface area contributed by atoms with Crippen LogP contribution in [0.3, 0.4) is 0 Å². The van der Waals surface area contributed by atoms with E-state index in [0.29, 0.717) is 0 Å². The Balaban J connectivity index is 0.981. The molecule has 0 radical (unpaired) electrons. The van der Waals surface area contributed by atoms with Crippen LogP contribution in [-0.4, -0.2) is 11.3 Å². The van der Waals surface area contributed by atoms with Gasteiger partial charge in [-0.2, -0.15) is 0 Å². The Morgan fingerprint density at radius 2 is 0.885 bits per heavy atom. The lowest BCUT2D eigenvalue weighted by Gasteiger charge is -2.43. The van der Waals surface area contributed by atoms with E-state index in [1.54, 1.807) is 0 Å². The lowest BCUT2D eigenvalue weighted by molar-refractivity contribution is 0.589. The number of rotatable bonds is 6. The maximum Gasteiger partial charge on any atom is 0.249 e. The lowest BCUT2D eigenvalue weighted by Crippen LogP contribution is -2.60. The van der Waals surface area contributed by atoms with Crippen molar-refractivity contribution in [3.8, 4) is 50.2 Å². The Hall–Kier alpha value is -9.81. The van der Waals surface area contributed by atoms with Crippen molar-refractivity contribution >= 4 is 117 Å². The number of benzene rings is 13. The molecule has 0 N–H and O–H groups in total. The molecule has 0 fully saturated rings. The predicted molar refractivity (Wildman–Crippen MR) is 372 cm³/mol. The fourth-order valence-electron chi connectivity index (χ4n) is 14.6. The van der Waals surface area contributed by atoms with Gasteiger partial charge in [0, 0.05) is 70.7 Å². The molecule has 0 saturated carbocycles. The number of nitrogens with zero attached hydrogens (tertiary/aromatic N) is 2. The van der Waals surface area contributed by atoms with Gasteiger partial charge in [-0.1, -0.05) is 259 Å². The lowest BCUT2D eigenvalue weighted by atomic mass is 9.34. The summed E-state index contributed by atoms with van der Waals surface area (Å²) >= 11 is 1.94. The molecule has 0 saturated heterocycles. The van der Waals surface area contributed by atoms with Crippen molar-refractivity contribution in [2.24, 2.45) is 0 Å². The van der Waals surface area contributed by atoms with E-state index in [1.807, 2.05) is 11.8 Å². The standard InChI is InChI=1S/C82H61BN2OS/c1-81(2,3)53-45-65(50-24-9-7-10-25-50)79(66(46-53)51-26-11-8-12-27-51)85-71-44-52(76-59-31-13-15-33-61(59)77(62-34-16-14-32-60(62)76)64-36-23-35-63-58-30-19-22-39-73(58)86-80(63)64)40-42-67(71)83-68-43-41-55(84-69-37-20-17-28-56(69)57-29-18-21-38-70(57)84)49-74(68)87-75-48-54(82(4,5)6)47-72(85)78(75)83/h7-49H,1-6H3. The Bertz CT molecular complexity index is 5180. The second-order valence-corrected chi connectivity index (χ2v) is 27.0. The molecule has 2 aliphatic heterocycles. The molecule has 0 amide bonds. The normalized spacial score (nSPS) is 13.1. The minimum atomic E-state index is -0.173. The molecular weight excluding hydrogens is 1070 g/mol. The topological polar surface area (TPSA) is 21.3 Å². The molecule has 5 heteroatoms. The van der Waals surface area contributed by atoms with Crippen LogP contribution in [0.5, 0.6) is 0 Å². The van der Waals surface area contributed by atoms with E-state index in [1.165, 1.54) is 137 Å². The van der Waals surface area contributed by atoms with Crippen LogP contribution in [0.4, 0.5) is 17.1 Å². The zero-order valence-corrected chi connectivity index (χ0v) is 50.4. The Morgan fingerprint density at radius 3 is 1.49 bits per heavy atom. The van der Waals surface area contributed by atoms with Gasteiger partial charge in [-0.3, -0.25) is 0 Å². The molecule has 0 atom stereocenters. The van der Waals surface area contributed by atoms with Crippen molar-refractivity contribution in [3.05, 3.63) is 272 Å². The molecule has 0 spiro atoms. The van der Waals surface area contributed by atoms with Gasteiger partial charge >= 0.3 is 0 Å². The third-order valence-electron chi connectivity index (χ3n) is 18.7. The number of hydrogen-bond acceptors (Lipinski definition) is 3. The van der Waals surface area contributed by atoms with Crippen molar-refractivity contribution in [1.29, 1.82) is 0 Å². The van der Waals surface area contributed by atoms with E-state index in [2.05, 4.69) is 312 Å². The summed E-state index contributed by atoms with van der Waals surface area (Å²) in [6.45, 7) is 14.1. The summed E-state index contributed by atoms with van der Waals surface area (Å²) in [6, 6.07) is 98.0. The Labute approximate surface area is 512 Å². The van der Waals surface area contributed by atoms with E-state index in [0.717, 1.165) is 33.1 Å². The van der Waals surface area contributed by atoms with Crippen LogP contribution in [0.25, 0.3) is 115 Å². The number of aromatic nitrogens is 1. The van der Waals surface area contributed by atoms with Gasteiger partial charge in [0.25, 0.3) is 0 Å². The first kappa shape index (κ1) is 51.6. The molecule has 414 valence electrons. The first-order valence-corrected chi connectivity index (χ1v) is 31.3. The number of furan rings is 1. The molecule has 0 aliphatic carbocycles. The second kappa shape index (κ2) is 19.4. The molecule has 0 bridgehead atoms. The summed E-state index contributed by atoms with van der Waals surface area (Å²) < 4.78 is 9.31. The first-order valence-electron chi connectivity index (χ1n) is 30.5. The number of para-hydroxylation sites is 4. The highest BCUT2D eigenvalue weighted by molar-refractivity contribution is 8.00. The van der Waals surface area contributed by atoms with Crippen molar-refractivity contribution in [3.63, 3.8) is 0 Å². The molecule has 87 heavy (non-hydrogen) atoms. The minimum absolute atomic E-state index is 0.0675. The van der Waals surface area contributed by atoms with Crippen molar-refractivity contribution in [2.75, 3.05) is 4.90 Å². The summed E-state index contributed by atoms with van der Waals surface area (Å²) in [5.74, 6) is 0. The summed E-state index contributed by atoms with van der Waals surface area (Å²) in [4.78, 5) is 5.29. The van der Waals surface area contributed by atoms with Crippen molar-refractivity contribution in [1.82, 2.24) is 4.57 Å². The van der Waals surface area contributed by atoms with Gasteiger partial charge in [-0.25, -0.2) is 0 Å². The third kappa shape index (κ3) is 7.98. The molecule has 17 rings (SSSR count). The highest BCUT2D eigenvalue weighted by Crippen LogP contribution is 2.54. The van der Waals surface area contributed by atoms with Gasteiger partial charge in [0.05, 0.1) is 16.7 Å². The maximum absolute atomic E-state index is 6.84. The first-order chi connectivity index (χ1) is 42.4. The Morgan fingerprint density at radius 1 is 0.368 bits per heavy atom. The van der Waals surface area contributed by atoms with Crippen LogP contribution in [0.15, 0.2) is 275 Å². The van der Waals surface area contributed by atoms with Gasteiger partial charge in [-0.15, -0.1) is 0 Å². The van der Waals surface area contributed by atoms with Gasteiger partial charge < -0.3 is 13.9 Å². The Kier molecular flexibility index (Phi) is 11.5. The van der Waals surface area contributed by atoms with Crippen LogP contribution in [0.2, 0.25) is 0 Å². The highest BCUT2D eigenvalue weighted by Gasteiger charge is 2.44. The predicted octanol–water partition coefficient (Wildman–Crippen LogP) is 21.0. The van der Waals surface area contributed by atoms with Crippen LogP contribution < -0.4 is 21.3 Å². The summed E-state index contributed by atoms with van der Waals surface area (Å²) in [6.07, 6.45) is 0. The quantitative estimate of drug-likeness (QED) is 0.122. The van der Waals surface area contributed by atoms with Crippen LogP contribution in [0.1, 0.15) is 52.7 Å². The molecule has 0 unspecified atom stereocenters. The van der Waals surface area contributed by atoms with Gasteiger partial charge in [0.2, 0.25) is 6.71 Å². The van der Waals surface area contributed by atoms with Crippen LogP contribution >= 0.6 is 11.8 Å². The molecule has 13 aromatic carbocycles. The van der Waals surface area contributed by atoms with E-state index in [4.69, 9.17) is 4.42 Å². The fourth-order valence-corrected chi connectivity index (χ4v) is 15.8. The SMILES string of the molecule is CC(C)(C)c1cc(-c2ccccc2)c(N2c3cc(-c4c5ccccc5c(-c5cccc6c5oc5ccccc56)c5ccccc45)ccc3B3c4ccc(-n5c6ccccc6c6ccccc65)cc4Sc4cc(C(C)(C)C)cc2c43)c(-c2ccccc2)c1. The zero-order chi connectivity index (χ0) is 58.4.